The van der Waals surface area contributed by atoms with Crippen LogP contribution < -0.4 is 0 Å². The molecule has 9 atom stereocenters. The van der Waals surface area contributed by atoms with Crippen LogP contribution in [0.4, 0.5) is 0 Å². The standard InChI is InChI=1S/C29H42O3/c1-28-15-13-21(30)18-20(28)9-10-22-24-11-12-25(29(24,2)16-14-26(22)28)23(27(31)32-3)17-19-7-5-4-6-8-19/h4-8,20-26,30H,9-18H2,1-3H3/t20-,21-,22-,23+,24-,25+,26-,28-,29-/m0/s1. The van der Waals surface area contributed by atoms with Crippen LogP contribution in [-0.2, 0) is 16.0 Å². The second-order valence-corrected chi connectivity index (χ2v) is 12.1. The zero-order valence-corrected chi connectivity index (χ0v) is 20.3. The highest BCUT2D eigenvalue weighted by Gasteiger charge is 2.61. The summed E-state index contributed by atoms with van der Waals surface area (Å²) in [4.78, 5) is 13.0. The van der Waals surface area contributed by atoms with Gasteiger partial charge in [-0.05, 0) is 110 Å². The highest BCUT2D eigenvalue weighted by molar-refractivity contribution is 5.73. The maximum Gasteiger partial charge on any atom is 0.309 e. The lowest BCUT2D eigenvalue weighted by Crippen LogP contribution is -2.54. The van der Waals surface area contributed by atoms with Gasteiger partial charge in [0.2, 0.25) is 0 Å². The number of rotatable bonds is 4. The van der Waals surface area contributed by atoms with Crippen LogP contribution in [0.15, 0.2) is 30.3 Å². The number of benzene rings is 1. The number of aliphatic hydroxyl groups is 1. The summed E-state index contributed by atoms with van der Waals surface area (Å²) in [6, 6.07) is 10.5. The topological polar surface area (TPSA) is 46.5 Å². The monoisotopic (exact) mass is 438 g/mol. The van der Waals surface area contributed by atoms with Crippen LogP contribution in [0, 0.1) is 46.3 Å². The number of hydrogen-bond acceptors (Lipinski definition) is 3. The smallest absolute Gasteiger partial charge is 0.309 e. The third-order valence-corrected chi connectivity index (χ3v) is 11.0. The minimum Gasteiger partial charge on any atom is -0.469 e. The van der Waals surface area contributed by atoms with Crippen molar-refractivity contribution in [3.05, 3.63) is 35.9 Å². The van der Waals surface area contributed by atoms with E-state index in [4.69, 9.17) is 4.74 Å². The molecule has 3 heteroatoms. The van der Waals surface area contributed by atoms with Crippen LogP contribution in [0.25, 0.3) is 0 Å². The molecule has 4 saturated carbocycles. The molecule has 0 aliphatic heterocycles. The average Bonchev–Trinajstić information content (AvgIpc) is 3.15. The summed E-state index contributed by atoms with van der Waals surface area (Å²) in [7, 11) is 1.56. The fourth-order valence-corrected chi connectivity index (χ4v) is 9.35. The van der Waals surface area contributed by atoms with E-state index < -0.39 is 0 Å². The predicted octanol–water partition coefficient (Wildman–Crippen LogP) is 6.04. The Hall–Kier alpha value is -1.35. The zero-order valence-electron chi connectivity index (χ0n) is 20.3. The van der Waals surface area contributed by atoms with Crippen molar-refractivity contribution in [2.24, 2.45) is 46.3 Å². The molecule has 0 bridgehead atoms. The number of carbonyl (C=O) groups is 1. The highest BCUT2D eigenvalue weighted by atomic mass is 16.5. The molecule has 4 fully saturated rings. The Morgan fingerprint density at radius 3 is 2.47 bits per heavy atom. The van der Waals surface area contributed by atoms with Crippen LogP contribution in [0.1, 0.15) is 77.2 Å². The Bertz CT molecular complexity index is 821. The summed E-state index contributed by atoms with van der Waals surface area (Å²) < 4.78 is 5.36. The van der Waals surface area contributed by atoms with Crippen molar-refractivity contribution in [2.45, 2.75) is 84.2 Å². The molecule has 0 spiro atoms. The Balaban J connectivity index is 1.40. The lowest BCUT2D eigenvalue weighted by Gasteiger charge is -2.61. The first-order chi connectivity index (χ1) is 15.4. The normalized spacial score (nSPS) is 44.1. The molecular weight excluding hydrogens is 396 g/mol. The quantitative estimate of drug-likeness (QED) is 0.583. The van der Waals surface area contributed by atoms with Gasteiger partial charge in [0, 0.05) is 0 Å². The molecule has 5 rings (SSSR count). The summed E-state index contributed by atoms with van der Waals surface area (Å²) in [5, 5.41) is 10.3. The molecule has 0 heterocycles. The lowest BCUT2D eigenvalue weighted by molar-refractivity contribution is -0.154. The molecule has 32 heavy (non-hydrogen) atoms. The van der Waals surface area contributed by atoms with E-state index in [1.54, 1.807) is 7.11 Å². The van der Waals surface area contributed by atoms with E-state index in [9.17, 15) is 9.90 Å². The number of carbonyl (C=O) groups excluding carboxylic acids is 1. The van der Waals surface area contributed by atoms with Gasteiger partial charge in [-0.1, -0.05) is 44.2 Å². The molecule has 3 nitrogen and oxygen atoms in total. The Labute approximate surface area is 194 Å². The largest absolute Gasteiger partial charge is 0.469 e. The van der Waals surface area contributed by atoms with Gasteiger partial charge >= 0.3 is 5.97 Å². The number of fused-ring (bicyclic) bond motifs is 5. The van der Waals surface area contributed by atoms with Gasteiger partial charge in [-0.3, -0.25) is 4.79 Å². The Morgan fingerprint density at radius 2 is 1.72 bits per heavy atom. The van der Waals surface area contributed by atoms with E-state index in [1.165, 1.54) is 44.1 Å². The molecule has 4 aliphatic rings. The molecule has 0 unspecified atom stereocenters. The number of hydrogen-bond donors (Lipinski definition) is 1. The van der Waals surface area contributed by atoms with Crippen LogP contribution in [0.3, 0.4) is 0 Å². The van der Waals surface area contributed by atoms with Gasteiger partial charge in [0.1, 0.15) is 0 Å². The first-order valence-corrected chi connectivity index (χ1v) is 13.2. The molecular formula is C29H42O3. The molecule has 1 aromatic carbocycles. The molecule has 1 N–H and O–H groups in total. The molecule has 1 aromatic rings. The summed E-state index contributed by atoms with van der Waals surface area (Å²) >= 11 is 0. The van der Waals surface area contributed by atoms with E-state index >= 15 is 0 Å². The third kappa shape index (κ3) is 3.54. The van der Waals surface area contributed by atoms with Crippen molar-refractivity contribution in [3.8, 4) is 0 Å². The van der Waals surface area contributed by atoms with Crippen molar-refractivity contribution in [1.82, 2.24) is 0 Å². The Kier molecular flexibility index (Phi) is 5.93. The molecule has 0 saturated heterocycles. The van der Waals surface area contributed by atoms with Crippen LogP contribution >= 0.6 is 0 Å². The van der Waals surface area contributed by atoms with Gasteiger partial charge in [0.05, 0.1) is 19.1 Å². The Morgan fingerprint density at radius 1 is 1.00 bits per heavy atom. The van der Waals surface area contributed by atoms with Gasteiger partial charge < -0.3 is 9.84 Å². The summed E-state index contributed by atoms with van der Waals surface area (Å²) in [5.74, 6) is 3.40. The minimum absolute atomic E-state index is 0.0141. The molecule has 0 radical (unpaired) electrons. The first-order valence-electron chi connectivity index (χ1n) is 13.2. The van der Waals surface area contributed by atoms with Gasteiger partial charge in [-0.25, -0.2) is 0 Å². The molecule has 176 valence electrons. The van der Waals surface area contributed by atoms with E-state index in [1.807, 2.05) is 6.07 Å². The fourth-order valence-electron chi connectivity index (χ4n) is 9.35. The third-order valence-electron chi connectivity index (χ3n) is 11.0. The second-order valence-electron chi connectivity index (χ2n) is 12.1. The average molecular weight is 439 g/mol. The maximum atomic E-state index is 13.0. The summed E-state index contributed by atoms with van der Waals surface area (Å²) in [6.45, 7) is 5.08. The molecule has 4 aliphatic carbocycles. The molecule has 0 amide bonds. The first kappa shape index (κ1) is 22.4. The number of ether oxygens (including phenoxy) is 1. The van der Waals surface area contributed by atoms with Gasteiger partial charge in [-0.15, -0.1) is 0 Å². The van der Waals surface area contributed by atoms with E-state index in [-0.39, 0.29) is 23.4 Å². The fraction of sp³-hybridized carbons (Fsp3) is 0.759. The van der Waals surface area contributed by atoms with E-state index in [0.717, 1.165) is 43.4 Å². The van der Waals surface area contributed by atoms with Crippen LogP contribution in [0.2, 0.25) is 0 Å². The number of methoxy groups -OCH3 is 1. The van der Waals surface area contributed by atoms with Crippen LogP contribution in [0.5, 0.6) is 0 Å². The van der Waals surface area contributed by atoms with Crippen molar-refractivity contribution in [3.63, 3.8) is 0 Å². The number of esters is 1. The van der Waals surface area contributed by atoms with Gasteiger partial charge in [-0.2, -0.15) is 0 Å². The van der Waals surface area contributed by atoms with E-state index in [2.05, 4.69) is 38.1 Å². The van der Waals surface area contributed by atoms with E-state index in [0.29, 0.717) is 17.3 Å². The highest BCUT2D eigenvalue weighted by Crippen LogP contribution is 2.68. The summed E-state index contributed by atoms with van der Waals surface area (Å²) in [5.41, 5.74) is 1.90. The summed E-state index contributed by atoms with van der Waals surface area (Å²) in [6.07, 6.45) is 11.5. The van der Waals surface area contributed by atoms with Crippen molar-refractivity contribution < 1.29 is 14.6 Å². The van der Waals surface area contributed by atoms with Crippen molar-refractivity contribution in [1.29, 1.82) is 0 Å². The predicted molar refractivity (Wildman–Crippen MR) is 127 cm³/mol. The van der Waals surface area contributed by atoms with Crippen LogP contribution in [-0.4, -0.2) is 24.3 Å². The number of aliphatic hydroxyl groups excluding tert-OH is 1. The molecule has 0 aromatic heterocycles. The lowest BCUT2D eigenvalue weighted by atomic mass is 9.44. The van der Waals surface area contributed by atoms with Gasteiger partial charge in [0.25, 0.3) is 0 Å². The SMILES string of the molecule is COC(=O)[C@H](Cc1ccccc1)[C@H]1CC[C@H]2[C@@H]3CC[C@H]4C[C@@H](O)CC[C@]4(C)[C@H]3CC[C@]12C. The second kappa shape index (κ2) is 8.46. The van der Waals surface area contributed by atoms with Gasteiger partial charge in [0.15, 0.2) is 0 Å². The van der Waals surface area contributed by atoms with Crippen molar-refractivity contribution in [2.75, 3.05) is 7.11 Å². The maximum absolute atomic E-state index is 13.0. The van der Waals surface area contributed by atoms with Crippen molar-refractivity contribution >= 4 is 5.97 Å². The minimum atomic E-state index is -0.0758. The zero-order chi connectivity index (χ0) is 22.5.